The van der Waals surface area contributed by atoms with Gasteiger partial charge in [-0.25, -0.2) is 4.98 Å². The van der Waals surface area contributed by atoms with Gasteiger partial charge in [0.15, 0.2) is 5.11 Å². The van der Waals surface area contributed by atoms with Gasteiger partial charge in [-0.05, 0) is 48.6 Å². The molecule has 6 heteroatoms. The first-order chi connectivity index (χ1) is 11.3. The largest absolute Gasteiger partial charge is 0.358 e. The summed E-state index contributed by atoms with van der Waals surface area (Å²) in [4.78, 5) is 8.44. The zero-order valence-corrected chi connectivity index (χ0v) is 15.0. The van der Waals surface area contributed by atoms with E-state index in [1.54, 1.807) is 22.7 Å². The molecule has 2 aromatic heterocycles. The van der Waals surface area contributed by atoms with Gasteiger partial charge in [0, 0.05) is 11.4 Å². The van der Waals surface area contributed by atoms with Crippen molar-refractivity contribution in [2.75, 3.05) is 6.54 Å². The summed E-state index contributed by atoms with van der Waals surface area (Å²) < 4.78 is 1.26. The summed E-state index contributed by atoms with van der Waals surface area (Å²) in [5.41, 5.74) is 1.09. The maximum atomic E-state index is 5.64. The molecular formula is C17H17N3S3. The van der Waals surface area contributed by atoms with Crippen molar-refractivity contribution < 1.29 is 0 Å². The third-order valence-corrected chi connectivity index (χ3v) is 6.50. The van der Waals surface area contributed by atoms with Crippen molar-refractivity contribution in [3.05, 3.63) is 51.7 Å². The fourth-order valence-corrected chi connectivity index (χ4v) is 5.03. The minimum atomic E-state index is 0.315. The number of likely N-dealkylation sites (tertiary alicyclic amines) is 1. The van der Waals surface area contributed by atoms with Crippen molar-refractivity contribution in [3.63, 3.8) is 0 Å². The molecule has 0 radical (unpaired) electrons. The molecule has 3 heterocycles. The lowest BCUT2D eigenvalue weighted by molar-refractivity contribution is 0.393. The van der Waals surface area contributed by atoms with Gasteiger partial charge in [-0.2, -0.15) is 0 Å². The number of nitrogens with one attached hydrogen (secondary N) is 1. The predicted octanol–water partition coefficient (Wildman–Crippen LogP) is 4.57. The molecule has 118 valence electrons. The molecule has 3 nitrogen and oxygen atoms in total. The Morgan fingerprint density at radius 3 is 3.04 bits per heavy atom. The third-order valence-electron chi connectivity index (χ3n) is 4.10. The van der Waals surface area contributed by atoms with E-state index in [-0.39, 0.29) is 0 Å². The van der Waals surface area contributed by atoms with Crippen LogP contribution in [0.4, 0.5) is 0 Å². The van der Waals surface area contributed by atoms with E-state index in [9.17, 15) is 0 Å². The van der Waals surface area contributed by atoms with E-state index in [2.05, 4.69) is 45.9 Å². The molecule has 0 amide bonds. The zero-order valence-electron chi connectivity index (χ0n) is 12.6. The number of para-hydroxylation sites is 1. The number of benzene rings is 1. The number of aromatic nitrogens is 1. The van der Waals surface area contributed by atoms with E-state index in [0.717, 1.165) is 30.1 Å². The Bertz CT molecular complexity index is 776. The zero-order chi connectivity index (χ0) is 15.6. The number of rotatable bonds is 3. The second-order valence-electron chi connectivity index (χ2n) is 5.61. The summed E-state index contributed by atoms with van der Waals surface area (Å²) in [6.45, 7) is 1.82. The molecule has 1 atom stereocenters. The molecule has 4 rings (SSSR count). The average Bonchev–Trinajstić information content (AvgIpc) is 3.31. The van der Waals surface area contributed by atoms with Gasteiger partial charge >= 0.3 is 0 Å². The van der Waals surface area contributed by atoms with Crippen molar-refractivity contribution in [2.45, 2.75) is 25.4 Å². The van der Waals surface area contributed by atoms with Crippen molar-refractivity contribution >= 4 is 50.2 Å². The molecule has 1 saturated heterocycles. The number of hydrogen-bond donors (Lipinski definition) is 1. The number of thiazole rings is 1. The maximum absolute atomic E-state index is 5.64. The van der Waals surface area contributed by atoms with E-state index in [4.69, 9.17) is 17.2 Å². The van der Waals surface area contributed by atoms with Crippen LogP contribution in [0.1, 0.15) is 28.8 Å². The standard InChI is InChI=1S/C17H17N3S3/c21-17(18-11-12-5-4-10-22-12)20-9-3-7-14(20)16-19-13-6-1-2-8-15(13)23-16/h1-2,4-6,8,10,14H,3,7,9,11H2,(H,18,21)/t14-/m1/s1. The second kappa shape index (κ2) is 6.55. The van der Waals surface area contributed by atoms with Crippen molar-refractivity contribution in [3.8, 4) is 0 Å². The second-order valence-corrected chi connectivity index (χ2v) is 8.09. The first-order valence-electron chi connectivity index (χ1n) is 7.73. The smallest absolute Gasteiger partial charge is 0.169 e. The van der Waals surface area contributed by atoms with Crippen LogP contribution in [0.15, 0.2) is 41.8 Å². The molecule has 1 N–H and O–H groups in total. The maximum Gasteiger partial charge on any atom is 0.169 e. The molecule has 23 heavy (non-hydrogen) atoms. The SMILES string of the molecule is S=C(NCc1cccs1)N1CCC[C@@H]1c1nc2ccccc2s1. The summed E-state index contributed by atoms with van der Waals surface area (Å²) in [5, 5.41) is 7.53. The lowest BCUT2D eigenvalue weighted by atomic mass is 10.2. The Kier molecular flexibility index (Phi) is 4.29. The first kappa shape index (κ1) is 15.1. The van der Waals surface area contributed by atoms with Gasteiger partial charge in [-0.1, -0.05) is 18.2 Å². The lowest BCUT2D eigenvalue weighted by Crippen LogP contribution is -2.38. The highest BCUT2D eigenvalue weighted by molar-refractivity contribution is 7.80. The molecular weight excluding hydrogens is 342 g/mol. The summed E-state index contributed by atoms with van der Waals surface area (Å²) in [6, 6.07) is 12.9. The molecule has 0 spiro atoms. The van der Waals surface area contributed by atoms with Crippen molar-refractivity contribution in [1.82, 2.24) is 15.2 Å². The van der Waals surface area contributed by atoms with Gasteiger partial charge in [-0.15, -0.1) is 22.7 Å². The lowest BCUT2D eigenvalue weighted by Gasteiger charge is -2.26. The summed E-state index contributed by atoms with van der Waals surface area (Å²) in [7, 11) is 0. The number of fused-ring (bicyclic) bond motifs is 1. The molecule has 1 aliphatic heterocycles. The van der Waals surface area contributed by atoms with E-state index >= 15 is 0 Å². The van der Waals surface area contributed by atoms with E-state index < -0.39 is 0 Å². The van der Waals surface area contributed by atoms with Gasteiger partial charge in [-0.3, -0.25) is 0 Å². The van der Waals surface area contributed by atoms with Crippen LogP contribution in [-0.4, -0.2) is 21.5 Å². The highest BCUT2D eigenvalue weighted by atomic mass is 32.1. The summed E-state index contributed by atoms with van der Waals surface area (Å²) >= 11 is 9.19. The van der Waals surface area contributed by atoms with Crippen LogP contribution in [-0.2, 0) is 6.54 Å². The van der Waals surface area contributed by atoms with Crippen LogP contribution in [0.5, 0.6) is 0 Å². The van der Waals surface area contributed by atoms with E-state index in [0.29, 0.717) is 6.04 Å². The van der Waals surface area contributed by atoms with Crippen LogP contribution in [0.25, 0.3) is 10.2 Å². The van der Waals surface area contributed by atoms with E-state index in [1.165, 1.54) is 21.0 Å². The molecule has 0 unspecified atom stereocenters. The molecule has 1 aliphatic rings. The molecule has 1 fully saturated rings. The summed E-state index contributed by atoms with van der Waals surface area (Å²) in [6.07, 6.45) is 2.29. The topological polar surface area (TPSA) is 28.2 Å². The van der Waals surface area contributed by atoms with Crippen LogP contribution in [0.3, 0.4) is 0 Å². The summed E-state index contributed by atoms with van der Waals surface area (Å²) in [5.74, 6) is 0. The highest BCUT2D eigenvalue weighted by Gasteiger charge is 2.30. The van der Waals surface area contributed by atoms with Crippen LogP contribution in [0, 0.1) is 0 Å². The minimum absolute atomic E-state index is 0.315. The highest BCUT2D eigenvalue weighted by Crippen LogP contribution is 2.36. The number of hydrogen-bond acceptors (Lipinski definition) is 4. The quantitative estimate of drug-likeness (QED) is 0.694. The minimum Gasteiger partial charge on any atom is -0.358 e. The van der Waals surface area contributed by atoms with Gasteiger partial charge < -0.3 is 10.2 Å². The van der Waals surface area contributed by atoms with Crippen LogP contribution >= 0.6 is 34.9 Å². The Morgan fingerprint density at radius 1 is 1.30 bits per heavy atom. The van der Waals surface area contributed by atoms with Gasteiger partial charge in [0.1, 0.15) is 5.01 Å². The van der Waals surface area contributed by atoms with Crippen molar-refractivity contribution in [1.29, 1.82) is 0 Å². The molecule has 3 aromatic rings. The van der Waals surface area contributed by atoms with Gasteiger partial charge in [0.2, 0.25) is 0 Å². The Hall–Kier alpha value is -1.50. The molecule has 0 aliphatic carbocycles. The van der Waals surface area contributed by atoms with Crippen LogP contribution < -0.4 is 5.32 Å². The van der Waals surface area contributed by atoms with E-state index in [1.807, 2.05) is 6.07 Å². The van der Waals surface area contributed by atoms with Crippen molar-refractivity contribution in [2.24, 2.45) is 0 Å². The Balaban J connectivity index is 1.50. The molecule has 0 bridgehead atoms. The van der Waals surface area contributed by atoms with Crippen LogP contribution in [0.2, 0.25) is 0 Å². The Morgan fingerprint density at radius 2 is 2.22 bits per heavy atom. The monoisotopic (exact) mass is 359 g/mol. The van der Waals surface area contributed by atoms with Gasteiger partial charge in [0.25, 0.3) is 0 Å². The average molecular weight is 360 g/mol. The fourth-order valence-electron chi connectivity index (χ4n) is 2.98. The number of thiocarbonyl (C=S) groups is 1. The molecule has 0 saturated carbocycles. The molecule has 1 aromatic carbocycles. The van der Waals surface area contributed by atoms with Gasteiger partial charge in [0.05, 0.1) is 22.8 Å². The Labute approximate surface area is 149 Å². The first-order valence-corrected chi connectivity index (χ1v) is 9.84. The normalized spacial score (nSPS) is 17.7. The fraction of sp³-hybridized carbons (Fsp3) is 0.294. The predicted molar refractivity (Wildman–Crippen MR) is 102 cm³/mol. The number of nitrogens with zero attached hydrogens (tertiary/aromatic N) is 2. The third kappa shape index (κ3) is 3.11. The number of thiophene rings is 1.